The normalized spacial score (nSPS) is 19.2. The molecule has 1 aromatic heterocycles. The number of hydrogen-bond donors (Lipinski definition) is 1. The van der Waals surface area contributed by atoms with Crippen molar-refractivity contribution >= 4 is 34.2 Å². The molecule has 162 valence electrons. The molecule has 0 unspecified atom stereocenters. The Bertz CT molecular complexity index is 1110. The lowest BCUT2D eigenvalue weighted by Crippen LogP contribution is -2.44. The average Bonchev–Trinajstić information content (AvgIpc) is 3.48. The molecular formula is C24H27ClN4O2. The van der Waals surface area contributed by atoms with Gasteiger partial charge in [-0.25, -0.2) is 4.98 Å². The Morgan fingerprint density at radius 2 is 1.97 bits per heavy atom. The predicted octanol–water partition coefficient (Wildman–Crippen LogP) is 4.73. The Kier molecular flexibility index (Phi) is 5.48. The van der Waals surface area contributed by atoms with Gasteiger partial charge in [0.25, 0.3) is 0 Å². The van der Waals surface area contributed by atoms with E-state index in [1.165, 1.54) is 0 Å². The number of nitrogens with one attached hydrogen (secondary N) is 1. The molecule has 3 heterocycles. The summed E-state index contributed by atoms with van der Waals surface area (Å²) in [6, 6.07) is 11.8. The zero-order valence-electron chi connectivity index (χ0n) is 17.7. The number of piperidine rings is 1. The monoisotopic (exact) mass is 438 g/mol. The van der Waals surface area contributed by atoms with Gasteiger partial charge in [0, 0.05) is 43.5 Å². The third kappa shape index (κ3) is 3.97. The SMILES string of the molecule is COc1ccc2nc(-c3cc(N4CCC[C@@H](C(=O)N5CCCC5)C4)ccc3Cl)[nH]c2c1. The predicted molar refractivity (Wildman–Crippen MR) is 124 cm³/mol. The van der Waals surface area contributed by atoms with Gasteiger partial charge in [-0.1, -0.05) is 11.6 Å². The van der Waals surface area contributed by atoms with E-state index in [0.717, 1.165) is 85.7 Å². The molecule has 6 nitrogen and oxygen atoms in total. The van der Waals surface area contributed by atoms with Crippen LogP contribution in [0.15, 0.2) is 36.4 Å². The van der Waals surface area contributed by atoms with Crippen molar-refractivity contribution in [1.29, 1.82) is 0 Å². The minimum atomic E-state index is 0.0737. The third-order valence-corrected chi connectivity index (χ3v) is 6.78. The summed E-state index contributed by atoms with van der Waals surface area (Å²) in [4.78, 5) is 25.4. The number of hydrogen-bond acceptors (Lipinski definition) is 4. The summed E-state index contributed by atoms with van der Waals surface area (Å²) in [5.74, 6) is 1.91. The van der Waals surface area contributed by atoms with E-state index in [4.69, 9.17) is 21.3 Å². The second-order valence-electron chi connectivity index (χ2n) is 8.45. The van der Waals surface area contributed by atoms with Gasteiger partial charge in [0.05, 0.1) is 29.1 Å². The fourth-order valence-corrected chi connectivity index (χ4v) is 4.95. The Balaban J connectivity index is 1.41. The van der Waals surface area contributed by atoms with Gasteiger partial charge in [0.2, 0.25) is 5.91 Å². The summed E-state index contributed by atoms with van der Waals surface area (Å²) in [6.07, 6.45) is 4.25. The molecule has 1 amide bonds. The number of carbonyl (C=O) groups excluding carboxylic acids is 1. The number of carbonyl (C=O) groups is 1. The van der Waals surface area contributed by atoms with Gasteiger partial charge in [0.15, 0.2) is 0 Å². The van der Waals surface area contributed by atoms with E-state index in [0.29, 0.717) is 10.9 Å². The number of H-pyrrole nitrogens is 1. The number of fused-ring (bicyclic) bond motifs is 1. The first-order chi connectivity index (χ1) is 15.1. The van der Waals surface area contributed by atoms with E-state index in [-0.39, 0.29) is 5.92 Å². The van der Waals surface area contributed by atoms with Crippen LogP contribution in [-0.4, -0.2) is 54.1 Å². The number of imidazole rings is 1. The van der Waals surface area contributed by atoms with E-state index in [1.807, 2.05) is 35.2 Å². The number of anilines is 1. The van der Waals surface area contributed by atoms with Crippen LogP contribution < -0.4 is 9.64 Å². The number of benzene rings is 2. The maximum Gasteiger partial charge on any atom is 0.227 e. The molecule has 7 heteroatoms. The molecule has 2 aromatic carbocycles. The number of methoxy groups -OCH3 is 1. The van der Waals surface area contributed by atoms with Crippen LogP contribution in [0.1, 0.15) is 25.7 Å². The van der Waals surface area contributed by atoms with Crippen LogP contribution in [0.25, 0.3) is 22.4 Å². The zero-order chi connectivity index (χ0) is 21.4. The first-order valence-corrected chi connectivity index (χ1v) is 11.4. The van der Waals surface area contributed by atoms with Crippen LogP contribution in [-0.2, 0) is 4.79 Å². The van der Waals surface area contributed by atoms with Crippen molar-refractivity contribution in [3.63, 3.8) is 0 Å². The topological polar surface area (TPSA) is 61.5 Å². The van der Waals surface area contributed by atoms with Gasteiger partial charge in [-0.15, -0.1) is 0 Å². The van der Waals surface area contributed by atoms with Gasteiger partial charge in [-0.05, 0) is 56.0 Å². The summed E-state index contributed by atoms with van der Waals surface area (Å²) in [6.45, 7) is 3.53. The molecule has 0 saturated carbocycles. The highest BCUT2D eigenvalue weighted by Gasteiger charge is 2.30. The Morgan fingerprint density at radius 3 is 2.77 bits per heavy atom. The molecule has 1 N–H and O–H groups in total. The van der Waals surface area contributed by atoms with Gasteiger partial charge >= 0.3 is 0 Å². The van der Waals surface area contributed by atoms with E-state index < -0.39 is 0 Å². The molecule has 0 bridgehead atoms. The number of halogens is 1. The summed E-state index contributed by atoms with van der Waals surface area (Å²) in [7, 11) is 1.65. The zero-order valence-corrected chi connectivity index (χ0v) is 18.5. The van der Waals surface area contributed by atoms with Crippen molar-refractivity contribution in [3.05, 3.63) is 41.4 Å². The fraction of sp³-hybridized carbons (Fsp3) is 0.417. The maximum atomic E-state index is 12.9. The highest BCUT2D eigenvalue weighted by molar-refractivity contribution is 6.33. The third-order valence-electron chi connectivity index (χ3n) is 6.45. The largest absolute Gasteiger partial charge is 0.497 e. The highest BCUT2D eigenvalue weighted by Crippen LogP contribution is 2.34. The first-order valence-electron chi connectivity index (χ1n) is 11.0. The van der Waals surface area contributed by atoms with E-state index >= 15 is 0 Å². The van der Waals surface area contributed by atoms with Crippen molar-refractivity contribution < 1.29 is 9.53 Å². The van der Waals surface area contributed by atoms with Crippen molar-refractivity contribution in [3.8, 4) is 17.1 Å². The quantitative estimate of drug-likeness (QED) is 0.639. The lowest BCUT2D eigenvalue weighted by Gasteiger charge is -2.35. The molecule has 2 aliphatic heterocycles. The van der Waals surface area contributed by atoms with Crippen molar-refractivity contribution in [2.45, 2.75) is 25.7 Å². The van der Waals surface area contributed by atoms with Gasteiger partial charge < -0.3 is 19.5 Å². The Labute approximate surface area is 187 Å². The number of aromatic amines is 1. The van der Waals surface area contributed by atoms with Crippen LogP contribution in [0.5, 0.6) is 5.75 Å². The average molecular weight is 439 g/mol. The number of likely N-dealkylation sites (tertiary alicyclic amines) is 1. The molecule has 0 aliphatic carbocycles. The molecule has 1 atom stereocenters. The van der Waals surface area contributed by atoms with Crippen LogP contribution >= 0.6 is 11.6 Å². The van der Waals surface area contributed by atoms with Crippen LogP contribution in [0.3, 0.4) is 0 Å². The molecule has 2 saturated heterocycles. The summed E-state index contributed by atoms with van der Waals surface area (Å²) in [5.41, 5.74) is 3.72. The number of nitrogens with zero attached hydrogens (tertiary/aromatic N) is 3. The van der Waals surface area contributed by atoms with Gasteiger partial charge in [0.1, 0.15) is 11.6 Å². The van der Waals surface area contributed by atoms with Crippen LogP contribution in [0, 0.1) is 5.92 Å². The number of aromatic nitrogens is 2. The van der Waals surface area contributed by atoms with Crippen molar-refractivity contribution in [1.82, 2.24) is 14.9 Å². The van der Waals surface area contributed by atoms with E-state index in [2.05, 4.69) is 16.0 Å². The second-order valence-corrected chi connectivity index (χ2v) is 8.86. The molecule has 5 rings (SSSR count). The summed E-state index contributed by atoms with van der Waals surface area (Å²) >= 11 is 6.56. The molecule has 2 fully saturated rings. The molecule has 3 aromatic rings. The molecular weight excluding hydrogens is 412 g/mol. The standard InChI is InChI=1S/C24H27ClN4O2/c1-31-18-7-9-21-22(14-18)27-23(26-21)19-13-17(6-8-20(19)25)29-12-4-5-16(15-29)24(30)28-10-2-3-11-28/h6-9,13-14,16H,2-5,10-12,15H2,1H3,(H,26,27)/t16-/m1/s1. The summed E-state index contributed by atoms with van der Waals surface area (Å²) in [5, 5.41) is 0.650. The van der Waals surface area contributed by atoms with E-state index in [1.54, 1.807) is 7.11 Å². The number of amides is 1. The molecule has 0 radical (unpaired) electrons. The molecule has 2 aliphatic rings. The summed E-state index contributed by atoms with van der Waals surface area (Å²) < 4.78 is 5.31. The minimum absolute atomic E-state index is 0.0737. The molecule has 31 heavy (non-hydrogen) atoms. The number of ether oxygens (including phenoxy) is 1. The van der Waals surface area contributed by atoms with Gasteiger partial charge in [-0.2, -0.15) is 0 Å². The second kappa shape index (κ2) is 8.42. The first kappa shape index (κ1) is 20.2. The maximum absolute atomic E-state index is 12.9. The minimum Gasteiger partial charge on any atom is -0.497 e. The van der Waals surface area contributed by atoms with Crippen molar-refractivity contribution in [2.24, 2.45) is 5.92 Å². The molecule has 0 spiro atoms. The lowest BCUT2D eigenvalue weighted by molar-refractivity contribution is -0.134. The highest BCUT2D eigenvalue weighted by atomic mass is 35.5. The Hall–Kier alpha value is -2.73. The van der Waals surface area contributed by atoms with Crippen LogP contribution in [0.4, 0.5) is 5.69 Å². The smallest absolute Gasteiger partial charge is 0.227 e. The van der Waals surface area contributed by atoms with E-state index in [9.17, 15) is 4.79 Å². The fourth-order valence-electron chi connectivity index (χ4n) is 4.74. The Morgan fingerprint density at radius 1 is 1.13 bits per heavy atom. The lowest BCUT2D eigenvalue weighted by atomic mass is 9.96. The van der Waals surface area contributed by atoms with Crippen molar-refractivity contribution in [2.75, 3.05) is 38.2 Å². The number of rotatable bonds is 4. The van der Waals surface area contributed by atoms with Crippen LogP contribution in [0.2, 0.25) is 5.02 Å². The van der Waals surface area contributed by atoms with Gasteiger partial charge in [-0.3, -0.25) is 4.79 Å².